The summed E-state index contributed by atoms with van der Waals surface area (Å²) in [6.07, 6.45) is 1.96. The minimum Gasteiger partial charge on any atom is -0.508 e. The van der Waals surface area contributed by atoms with Crippen LogP contribution in [-0.2, 0) is 11.3 Å². The second kappa shape index (κ2) is 12.0. The van der Waals surface area contributed by atoms with E-state index in [1.165, 1.54) is 0 Å². The van der Waals surface area contributed by atoms with Crippen molar-refractivity contribution < 1.29 is 14.2 Å². The van der Waals surface area contributed by atoms with E-state index in [0.717, 1.165) is 46.5 Å². The number of halogens is 1. The van der Waals surface area contributed by atoms with Crippen molar-refractivity contribution in [1.82, 2.24) is 15.0 Å². The number of rotatable bonds is 8. The van der Waals surface area contributed by atoms with Crippen LogP contribution in [0, 0.1) is 12.7 Å². The molecule has 1 aliphatic rings. The normalized spacial score (nSPS) is 15.6. The Kier molecular flexibility index (Phi) is 8.02. The molecule has 9 nitrogen and oxygen atoms in total. The van der Waals surface area contributed by atoms with Gasteiger partial charge in [-0.25, -0.2) is 9.37 Å². The molecule has 1 saturated heterocycles. The molecule has 10 heteroatoms. The van der Waals surface area contributed by atoms with Gasteiger partial charge >= 0.3 is 0 Å². The number of benzene rings is 2. The number of aromatic hydroxyl groups is 1. The lowest BCUT2D eigenvalue weighted by molar-refractivity contribution is 0.0921. The van der Waals surface area contributed by atoms with Crippen molar-refractivity contribution >= 4 is 23.1 Å². The molecule has 0 radical (unpaired) electrons. The first-order valence-corrected chi connectivity index (χ1v) is 12.9. The average molecular weight is 528 g/mol. The van der Waals surface area contributed by atoms with Crippen LogP contribution in [0.5, 0.6) is 5.75 Å². The third-order valence-corrected chi connectivity index (χ3v) is 6.56. The number of azo groups is 1. The van der Waals surface area contributed by atoms with Gasteiger partial charge in [0.25, 0.3) is 5.95 Å². The molecule has 4 aromatic rings. The van der Waals surface area contributed by atoms with Crippen LogP contribution in [0.4, 0.5) is 27.5 Å². The first-order chi connectivity index (χ1) is 19.0. The SMILES string of the molecule is CCC1COCCN1c1nc(N=NCc2ccc(Nc3ccc(-c4cccc(O)c4)cc3)c(C)n2)ncc1F. The van der Waals surface area contributed by atoms with Gasteiger partial charge in [-0.3, -0.25) is 4.98 Å². The van der Waals surface area contributed by atoms with Crippen LogP contribution in [0.3, 0.4) is 0 Å². The third kappa shape index (κ3) is 6.35. The van der Waals surface area contributed by atoms with E-state index in [1.807, 2.05) is 67.3 Å². The minimum atomic E-state index is -0.483. The second-order valence-electron chi connectivity index (χ2n) is 9.26. The molecule has 39 heavy (non-hydrogen) atoms. The predicted octanol–water partition coefficient (Wildman–Crippen LogP) is 6.33. The fourth-order valence-corrected chi connectivity index (χ4v) is 4.46. The summed E-state index contributed by atoms with van der Waals surface area (Å²) in [7, 11) is 0. The number of phenolic OH excluding ortho intramolecular Hbond substituents is 1. The van der Waals surface area contributed by atoms with Crippen molar-refractivity contribution in [2.24, 2.45) is 10.2 Å². The van der Waals surface area contributed by atoms with Gasteiger partial charge in [-0.05, 0) is 60.9 Å². The molecule has 1 aliphatic heterocycles. The molecule has 0 amide bonds. The number of aryl methyl sites for hydroxylation is 1. The topological polar surface area (TPSA) is 108 Å². The molecular formula is C29H30FN7O2. The quantitative estimate of drug-likeness (QED) is 0.258. The Morgan fingerprint density at radius 1 is 1.10 bits per heavy atom. The number of ether oxygens (including phenoxy) is 1. The Morgan fingerprint density at radius 2 is 1.95 bits per heavy atom. The highest BCUT2D eigenvalue weighted by atomic mass is 19.1. The van der Waals surface area contributed by atoms with E-state index in [9.17, 15) is 9.50 Å². The molecule has 1 atom stereocenters. The summed E-state index contributed by atoms with van der Waals surface area (Å²) in [5.74, 6) is 0.0955. The summed E-state index contributed by atoms with van der Waals surface area (Å²) < 4.78 is 20.0. The van der Waals surface area contributed by atoms with Crippen molar-refractivity contribution in [3.63, 3.8) is 0 Å². The number of hydrogen-bond acceptors (Lipinski definition) is 9. The van der Waals surface area contributed by atoms with Crippen LogP contribution in [0.2, 0.25) is 0 Å². The van der Waals surface area contributed by atoms with E-state index in [2.05, 4.69) is 30.5 Å². The molecule has 3 heterocycles. The van der Waals surface area contributed by atoms with Gasteiger partial charge in [0.15, 0.2) is 11.6 Å². The van der Waals surface area contributed by atoms with Gasteiger partial charge in [-0.15, -0.1) is 5.11 Å². The average Bonchev–Trinajstić information content (AvgIpc) is 2.96. The summed E-state index contributed by atoms with van der Waals surface area (Å²) in [4.78, 5) is 14.8. The van der Waals surface area contributed by atoms with Crippen molar-refractivity contribution in [3.05, 3.63) is 84.1 Å². The lowest BCUT2D eigenvalue weighted by Gasteiger charge is -2.35. The smallest absolute Gasteiger partial charge is 0.270 e. The maximum atomic E-state index is 14.5. The standard InChI is InChI=1S/C29H30FN7O2/c1-3-24-18-39-14-13-37(24)28-26(30)17-31-29(35-28)36-32-16-23-11-12-27(19(2)33-23)34-22-9-7-20(8-10-22)21-5-4-6-25(38)15-21/h4-12,15,17,24,34,38H,3,13-14,16,18H2,1-2H3. The van der Waals surface area contributed by atoms with Crippen molar-refractivity contribution in [1.29, 1.82) is 0 Å². The lowest BCUT2D eigenvalue weighted by Crippen LogP contribution is -2.46. The number of nitrogens with one attached hydrogen (secondary N) is 1. The molecule has 2 aromatic carbocycles. The van der Waals surface area contributed by atoms with E-state index in [0.29, 0.717) is 19.8 Å². The second-order valence-corrected chi connectivity index (χ2v) is 9.26. The minimum absolute atomic E-state index is 0.0588. The largest absolute Gasteiger partial charge is 0.508 e. The third-order valence-electron chi connectivity index (χ3n) is 6.56. The molecule has 0 spiro atoms. The number of hydrogen-bond donors (Lipinski definition) is 2. The van der Waals surface area contributed by atoms with Gasteiger partial charge in [-0.2, -0.15) is 10.1 Å². The monoisotopic (exact) mass is 527 g/mol. The predicted molar refractivity (Wildman–Crippen MR) is 148 cm³/mol. The van der Waals surface area contributed by atoms with Crippen molar-refractivity contribution in [3.8, 4) is 16.9 Å². The lowest BCUT2D eigenvalue weighted by atomic mass is 10.1. The van der Waals surface area contributed by atoms with E-state index < -0.39 is 5.82 Å². The van der Waals surface area contributed by atoms with Crippen molar-refractivity contribution in [2.75, 3.05) is 30.0 Å². The molecule has 1 unspecified atom stereocenters. The number of pyridine rings is 1. The van der Waals surface area contributed by atoms with Crippen LogP contribution in [0.25, 0.3) is 11.1 Å². The van der Waals surface area contributed by atoms with Gasteiger partial charge in [0.05, 0.1) is 42.5 Å². The number of morpholine rings is 1. The highest BCUT2D eigenvalue weighted by Crippen LogP contribution is 2.27. The fraction of sp³-hybridized carbons (Fsp3) is 0.276. The Bertz CT molecular complexity index is 1460. The molecule has 2 N–H and O–H groups in total. The summed E-state index contributed by atoms with van der Waals surface area (Å²) in [5, 5.41) is 21.4. The fourth-order valence-electron chi connectivity index (χ4n) is 4.46. The summed E-state index contributed by atoms with van der Waals surface area (Å²) in [5.41, 5.74) is 5.32. The Balaban J connectivity index is 1.22. The Hall–Kier alpha value is -4.44. The number of aromatic nitrogens is 3. The van der Waals surface area contributed by atoms with Gasteiger partial charge in [0, 0.05) is 12.2 Å². The van der Waals surface area contributed by atoms with Crippen LogP contribution in [0.1, 0.15) is 24.7 Å². The molecule has 1 fully saturated rings. The van der Waals surface area contributed by atoms with Crippen LogP contribution < -0.4 is 10.2 Å². The molecule has 0 bridgehead atoms. The molecular weight excluding hydrogens is 497 g/mol. The van der Waals surface area contributed by atoms with Gasteiger partial charge < -0.3 is 20.1 Å². The van der Waals surface area contributed by atoms with E-state index in [1.54, 1.807) is 12.1 Å². The molecule has 5 rings (SSSR count). The Labute approximate surface area is 226 Å². The number of phenols is 1. The molecule has 0 aliphatic carbocycles. The van der Waals surface area contributed by atoms with Crippen molar-refractivity contribution in [2.45, 2.75) is 32.9 Å². The molecule has 0 saturated carbocycles. The molecule has 200 valence electrons. The highest BCUT2D eigenvalue weighted by Gasteiger charge is 2.25. The van der Waals surface area contributed by atoms with E-state index in [-0.39, 0.29) is 30.1 Å². The van der Waals surface area contributed by atoms with Crippen LogP contribution >= 0.6 is 0 Å². The van der Waals surface area contributed by atoms with Gasteiger partial charge in [0.2, 0.25) is 0 Å². The zero-order valence-corrected chi connectivity index (χ0v) is 21.9. The first-order valence-electron chi connectivity index (χ1n) is 12.9. The maximum Gasteiger partial charge on any atom is 0.270 e. The highest BCUT2D eigenvalue weighted by molar-refractivity contribution is 5.69. The number of nitrogens with zero attached hydrogens (tertiary/aromatic N) is 6. The summed E-state index contributed by atoms with van der Waals surface area (Å²) >= 11 is 0. The Morgan fingerprint density at radius 3 is 2.72 bits per heavy atom. The van der Waals surface area contributed by atoms with E-state index >= 15 is 0 Å². The first kappa shape index (κ1) is 26.2. The van der Waals surface area contributed by atoms with Crippen LogP contribution in [-0.4, -0.2) is 45.9 Å². The van der Waals surface area contributed by atoms with E-state index in [4.69, 9.17) is 4.74 Å². The zero-order chi connectivity index (χ0) is 27.2. The van der Waals surface area contributed by atoms with Crippen LogP contribution in [0.15, 0.2) is 77.1 Å². The number of anilines is 3. The zero-order valence-electron chi connectivity index (χ0n) is 21.9. The van der Waals surface area contributed by atoms with Gasteiger partial charge in [0.1, 0.15) is 12.3 Å². The maximum absolute atomic E-state index is 14.5. The van der Waals surface area contributed by atoms with Gasteiger partial charge in [-0.1, -0.05) is 31.2 Å². The molecule has 2 aromatic heterocycles. The summed E-state index contributed by atoms with van der Waals surface area (Å²) in [6, 6.07) is 19.0. The summed E-state index contributed by atoms with van der Waals surface area (Å²) in [6.45, 7) is 5.83.